The smallest absolute Gasteiger partial charge is 0.342 e. The first kappa shape index (κ1) is 40.0. The van der Waals surface area contributed by atoms with E-state index in [1.165, 1.54) is 28.9 Å². The maximum absolute atomic E-state index is 15.9. The summed E-state index contributed by atoms with van der Waals surface area (Å²) in [6.45, 7) is -0.947. The summed E-state index contributed by atoms with van der Waals surface area (Å²) in [7, 11) is -2.77. The summed E-state index contributed by atoms with van der Waals surface area (Å²) >= 11 is 0. The van der Waals surface area contributed by atoms with Gasteiger partial charge in [0.05, 0.1) is 27.6 Å². The first-order valence-electron chi connectivity index (χ1n) is 19.5. The summed E-state index contributed by atoms with van der Waals surface area (Å²) in [6.07, 6.45) is 0. The summed E-state index contributed by atoms with van der Waals surface area (Å²) in [5.41, 5.74) is 0.986. The molecule has 15 heteroatoms. The molecule has 1 heterocycles. The van der Waals surface area contributed by atoms with Crippen molar-refractivity contribution in [2.45, 2.75) is 6.54 Å². The Balaban J connectivity index is 1.44. The molecule has 0 atom stereocenters. The molecule has 314 valence electrons. The summed E-state index contributed by atoms with van der Waals surface area (Å²) in [6, 6.07) is 42.2. The highest BCUT2D eigenvalue weighted by Gasteiger charge is 2.31. The predicted octanol–water partition coefficient (Wildman–Crippen LogP) is 15.1. The Kier molecular flexibility index (Phi) is 9.80. The van der Waals surface area contributed by atoms with Crippen LogP contribution in [0.15, 0.2) is 160 Å². The molecule has 9 aromatic carbocycles. The van der Waals surface area contributed by atoms with Crippen molar-refractivity contribution < 1.29 is 40.2 Å². The lowest BCUT2D eigenvalue weighted by Gasteiger charge is -2.24. The fraction of sp³-hybridized carbons (Fsp3) is 0.0204. The molecule has 9 nitrogen and oxygen atoms in total. The van der Waals surface area contributed by atoms with Crippen LogP contribution in [0.25, 0.3) is 76.5 Å². The minimum atomic E-state index is -2.77. The van der Waals surface area contributed by atoms with Crippen LogP contribution in [0.2, 0.25) is 0 Å². The number of nitro benzene ring substituents is 2. The van der Waals surface area contributed by atoms with E-state index in [1.54, 1.807) is 66.7 Å². The molecule has 10 aromatic rings. The number of non-ortho nitro benzene ring substituents is 2. The van der Waals surface area contributed by atoms with Crippen molar-refractivity contribution in [2.75, 3.05) is 4.67 Å². The van der Waals surface area contributed by atoms with Crippen molar-refractivity contribution in [2.24, 2.45) is 0 Å². The average Bonchev–Trinajstić information content (AvgIpc) is 3.50. The van der Waals surface area contributed by atoms with Gasteiger partial charge in [0.2, 0.25) is 5.82 Å². The number of benzene rings is 9. The largest absolute Gasteiger partial charge is 0.403 e. The Morgan fingerprint density at radius 3 is 1.36 bits per heavy atom. The van der Waals surface area contributed by atoms with Gasteiger partial charge in [-0.15, -0.1) is 0 Å². The van der Waals surface area contributed by atoms with E-state index in [-0.39, 0.29) is 28.2 Å². The van der Waals surface area contributed by atoms with Crippen molar-refractivity contribution in [3.8, 4) is 22.3 Å². The topological polar surface area (TPSA) is 116 Å². The van der Waals surface area contributed by atoms with Gasteiger partial charge in [-0.1, -0.05) is 84.9 Å². The van der Waals surface area contributed by atoms with Crippen LogP contribution in [0.4, 0.5) is 39.0 Å². The quantitative estimate of drug-likeness (QED) is 0.0490. The Morgan fingerprint density at radius 2 is 0.891 bits per heavy atom. The highest BCUT2D eigenvalue weighted by atomic mass is 31.1. The summed E-state index contributed by atoms with van der Waals surface area (Å²) in [5.74, 6) is -10.6. The zero-order valence-corrected chi connectivity index (χ0v) is 33.7. The number of fused-ring (bicyclic) bond motifs is 8. The molecule has 0 aliphatic carbocycles. The average molecular weight is 880 g/mol. The van der Waals surface area contributed by atoms with E-state index in [0.717, 1.165) is 10.8 Å². The van der Waals surface area contributed by atoms with E-state index in [0.29, 0.717) is 54.6 Å². The van der Waals surface area contributed by atoms with E-state index in [9.17, 15) is 24.6 Å². The molecular formula is C49H27F5N3O6P. The number of nitrogens with zero attached hydrogens (tertiary/aromatic N) is 3. The second-order valence-electron chi connectivity index (χ2n) is 14.8. The number of rotatable bonds is 8. The first-order valence-corrected chi connectivity index (χ1v) is 20.6. The molecule has 0 saturated carbocycles. The Bertz CT molecular complexity index is 3430. The van der Waals surface area contributed by atoms with Crippen LogP contribution in [0.3, 0.4) is 0 Å². The maximum Gasteiger partial charge on any atom is 0.342 e. The molecule has 0 radical (unpaired) electrons. The standard InChI is InChI=1S/C49H27F5N3O6P/c50-43-39(44(51)46(53)47(54)45(43)52)26-55(40-15-7-11-27-8-1-4-12-34(27)40)64-62-48-37(28-16-20-32(21-17-28)56(58)59)24-30-9-2-5-13-35(30)41(48)42-36-14-6-3-10-31(36)25-38(49(42)63-64)29-18-22-33(23-19-29)57(60)61/h1-25H,26H2. The molecular weight excluding hydrogens is 853 g/mol. The van der Waals surface area contributed by atoms with Crippen molar-refractivity contribution in [1.82, 2.24) is 0 Å². The number of hydrogen-bond acceptors (Lipinski definition) is 7. The van der Waals surface area contributed by atoms with Gasteiger partial charge in [0.25, 0.3) is 11.4 Å². The number of nitro groups is 2. The van der Waals surface area contributed by atoms with Gasteiger partial charge in [-0.2, -0.15) is 0 Å². The summed E-state index contributed by atoms with van der Waals surface area (Å²) < 4.78 is 92.0. The highest BCUT2D eigenvalue weighted by molar-refractivity contribution is 7.39. The minimum Gasteiger partial charge on any atom is -0.403 e. The number of halogens is 5. The Morgan fingerprint density at radius 1 is 0.484 bits per heavy atom. The SMILES string of the molecule is O=[N+]([O-])c1ccc(-c2cc3ccccc3c3c2op(N(Cc2c(F)c(F)c(F)c(F)c2F)c2cccc4ccccc24)oc2c(-c4ccc([N+](=O)[O-])cc4)cc4ccccc4c23)cc1. The van der Waals surface area contributed by atoms with Gasteiger partial charge in [0.1, 0.15) is 0 Å². The molecule has 0 unspecified atom stereocenters. The maximum atomic E-state index is 15.9. The van der Waals surface area contributed by atoms with Crippen molar-refractivity contribution in [3.63, 3.8) is 0 Å². The third kappa shape index (κ3) is 6.63. The van der Waals surface area contributed by atoms with E-state index in [4.69, 9.17) is 8.39 Å². The molecule has 0 aliphatic heterocycles. The van der Waals surface area contributed by atoms with E-state index >= 15 is 17.6 Å². The molecule has 10 rings (SSSR count). The molecule has 0 bridgehead atoms. The van der Waals surface area contributed by atoms with Crippen LogP contribution in [0.5, 0.6) is 0 Å². The second-order valence-corrected chi connectivity index (χ2v) is 16.2. The fourth-order valence-electron chi connectivity index (χ4n) is 8.17. The van der Waals surface area contributed by atoms with Gasteiger partial charge in [0, 0.05) is 51.6 Å². The zero-order chi connectivity index (χ0) is 44.4. The van der Waals surface area contributed by atoms with Gasteiger partial charge in [-0.25, -0.2) is 22.0 Å². The van der Waals surface area contributed by atoms with Crippen molar-refractivity contribution in [3.05, 3.63) is 207 Å². The molecule has 0 N–H and O–H groups in total. The molecule has 0 saturated heterocycles. The number of anilines is 1. The van der Waals surface area contributed by atoms with Crippen LogP contribution < -0.4 is 4.67 Å². The van der Waals surface area contributed by atoms with Crippen LogP contribution in [0, 0.1) is 49.3 Å². The lowest BCUT2D eigenvalue weighted by molar-refractivity contribution is -0.385. The Hall–Kier alpha value is -8.09. The molecule has 1 aromatic heterocycles. The lowest BCUT2D eigenvalue weighted by atomic mass is 9.91. The van der Waals surface area contributed by atoms with Crippen LogP contribution in [-0.2, 0) is 6.54 Å². The molecule has 0 amide bonds. The van der Waals surface area contributed by atoms with Crippen molar-refractivity contribution >= 4 is 79.5 Å². The first-order chi connectivity index (χ1) is 31.0. The Labute approximate surface area is 358 Å². The second kappa shape index (κ2) is 15.7. The molecule has 0 spiro atoms. The lowest BCUT2D eigenvalue weighted by Crippen LogP contribution is -2.18. The van der Waals surface area contributed by atoms with Crippen molar-refractivity contribution in [1.29, 1.82) is 0 Å². The molecule has 0 fully saturated rings. The highest BCUT2D eigenvalue weighted by Crippen LogP contribution is 2.51. The summed E-state index contributed by atoms with van der Waals surface area (Å²) in [5, 5.41) is 28.6. The van der Waals surface area contributed by atoms with E-state index in [1.807, 2.05) is 60.7 Å². The van der Waals surface area contributed by atoms with Crippen LogP contribution in [0.1, 0.15) is 5.56 Å². The molecule has 0 aliphatic rings. The zero-order valence-electron chi connectivity index (χ0n) is 32.8. The van der Waals surface area contributed by atoms with E-state index in [2.05, 4.69) is 0 Å². The minimum absolute atomic E-state index is 0.170. The monoisotopic (exact) mass is 879 g/mol. The third-order valence-electron chi connectivity index (χ3n) is 11.2. The van der Waals surface area contributed by atoms with Crippen LogP contribution in [-0.4, -0.2) is 9.85 Å². The van der Waals surface area contributed by atoms with Crippen LogP contribution >= 0.6 is 8.16 Å². The summed E-state index contributed by atoms with van der Waals surface area (Å²) in [4.78, 5) is 22.5. The van der Waals surface area contributed by atoms with Gasteiger partial charge in [-0.3, -0.25) is 24.9 Å². The normalized spacial score (nSPS) is 11.5. The third-order valence-corrected chi connectivity index (χ3v) is 12.6. The van der Waals surface area contributed by atoms with E-state index < -0.39 is 59.2 Å². The fourth-order valence-corrected chi connectivity index (χ4v) is 9.71. The number of hydrogen-bond donors (Lipinski definition) is 0. The molecule has 64 heavy (non-hydrogen) atoms. The van der Waals surface area contributed by atoms with Gasteiger partial charge < -0.3 is 8.39 Å². The predicted molar refractivity (Wildman–Crippen MR) is 237 cm³/mol. The van der Waals surface area contributed by atoms with Gasteiger partial charge >= 0.3 is 8.16 Å². The van der Waals surface area contributed by atoms with Gasteiger partial charge in [0.15, 0.2) is 34.4 Å². The van der Waals surface area contributed by atoms with Gasteiger partial charge in [-0.05, 0) is 80.5 Å².